The highest BCUT2D eigenvalue weighted by molar-refractivity contribution is 7.23. The lowest BCUT2D eigenvalue weighted by Crippen LogP contribution is -2.04. The molecule has 18 heavy (non-hydrogen) atoms. The zero-order chi connectivity index (χ0) is 13.3. The van der Waals surface area contributed by atoms with E-state index in [2.05, 4.69) is 13.8 Å². The maximum Gasteiger partial charge on any atom is 0.263 e. The van der Waals surface area contributed by atoms with Crippen molar-refractivity contribution >= 4 is 49.9 Å². The number of hydrogen-bond acceptors (Lipinski definition) is 3. The van der Waals surface area contributed by atoms with Crippen LogP contribution < -0.4 is 4.74 Å². The SMILES string of the molecule is CC(C)COc1ccc2sc(C(=O)Cl)c(Cl)c2c1. The Bertz CT molecular complexity index is 590. The summed E-state index contributed by atoms with van der Waals surface area (Å²) in [4.78, 5) is 11.6. The second-order valence-electron chi connectivity index (χ2n) is 4.38. The molecule has 1 heterocycles. The van der Waals surface area contributed by atoms with Crippen LogP contribution in [0.3, 0.4) is 0 Å². The summed E-state index contributed by atoms with van der Waals surface area (Å²) in [5.74, 6) is 1.21. The molecule has 0 amide bonds. The lowest BCUT2D eigenvalue weighted by molar-refractivity contribution is 0.108. The molecule has 1 aromatic heterocycles. The van der Waals surface area contributed by atoms with Crippen LogP contribution in [-0.2, 0) is 0 Å². The Morgan fingerprint density at radius 2 is 2.17 bits per heavy atom. The van der Waals surface area contributed by atoms with E-state index in [1.165, 1.54) is 11.3 Å². The molecule has 0 N–H and O–H groups in total. The van der Waals surface area contributed by atoms with Gasteiger partial charge in [0.1, 0.15) is 10.6 Å². The van der Waals surface area contributed by atoms with Crippen molar-refractivity contribution in [2.75, 3.05) is 6.61 Å². The minimum atomic E-state index is -0.522. The summed E-state index contributed by atoms with van der Waals surface area (Å²) in [5, 5.41) is 0.697. The molecule has 0 atom stereocenters. The molecule has 0 unspecified atom stereocenters. The Balaban J connectivity index is 2.38. The van der Waals surface area contributed by atoms with Crippen molar-refractivity contribution in [1.82, 2.24) is 0 Å². The van der Waals surface area contributed by atoms with Crippen molar-refractivity contribution in [1.29, 1.82) is 0 Å². The summed E-state index contributed by atoms with van der Waals surface area (Å²) < 4.78 is 6.56. The van der Waals surface area contributed by atoms with Gasteiger partial charge in [-0.15, -0.1) is 11.3 Å². The van der Waals surface area contributed by atoms with Crippen molar-refractivity contribution in [3.63, 3.8) is 0 Å². The molecular weight excluding hydrogens is 291 g/mol. The number of thiophene rings is 1. The number of rotatable bonds is 4. The molecule has 0 aliphatic rings. The molecular formula is C13H12Cl2O2S. The number of carbonyl (C=O) groups excluding carboxylic acids is 1. The van der Waals surface area contributed by atoms with Gasteiger partial charge in [0.2, 0.25) is 0 Å². The molecule has 0 spiro atoms. The fourth-order valence-electron chi connectivity index (χ4n) is 1.53. The quantitative estimate of drug-likeness (QED) is 0.745. The first kappa shape index (κ1) is 13.7. The van der Waals surface area contributed by atoms with E-state index in [-0.39, 0.29) is 0 Å². The number of ether oxygens (including phenoxy) is 1. The molecule has 0 saturated heterocycles. The first-order valence-electron chi connectivity index (χ1n) is 5.53. The predicted molar refractivity (Wildman–Crippen MR) is 77.4 cm³/mol. The molecule has 0 fully saturated rings. The number of hydrogen-bond donors (Lipinski definition) is 0. The van der Waals surface area contributed by atoms with Crippen LogP contribution >= 0.6 is 34.5 Å². The summed E-state index contributed by atoms with van der Waals surface area (Å²) in [6.07, 6.45) is 0. The first-order chi connectivity index (χ1) is 8.49. The third-order valence-electron chi connectivity index (χ3n) is 2.36. The highest BCUT2D eigenvalue weighted by Gasteiger charge is 2.15. The van der Waals surface area contributed by atoms with Gasteiger partial charge in [-0.3, -0.25) is 4.79 Å². The van der Waals surface area contributed by atoms with Crippen molar-refractivity contribution in [3.05, 3.63) is 28.1 Å². The summed E-state index contributed by atoms with van der Waals surface area (Å²) in [7, 11) is 0. The molecule has 0 saturated carbocycles. The van der Waals surface area contributed by atoms with Crippen molar-refractivity contribution < 1.29 is 9.53 Å². The van der Waals surface area contributed by atoms with Gasteiger partial charge in [0.05, 0.1) is 11.6 Å². The Hall–Kier alpha value is -0.770. The summed E-state index contributed by atoms with van der Waals surface area (Å²) in [5.41, 5.74) is 0. The second kappa shape index (κ2) is 5.47. The first-order valence-corrected chi connectivity index (χ1v) is 7.11. The topological polar surface area (TPSA) is 26.3 Å². The Morgan fingerprint density at radius 3 is 2.78 bits per heavy atom. The van der Waals surface area contributed by atoms with Gasteiger partial charge in [-0.05, 0) is 35.7 Å². The summed E-state index contributed by atoms with van der Waals surface area (Å²) >= 11 is 12.9. The maximum absolute atomic E-state index is 11.2. The fourth-order valence-corrected chi connectivity index (χ4v) is 3.11. The predicted octanol–water partition coefficient (Wildman–Crippen LogP) is 4.97. The average molecular weight is 303 g/mol. The van der Waals surface area contributed by atoms with E-state index in [1.54, 1.807) is 0 Å². The largest absolute Gasteiger partial charge is 0.493 e. The van der Waals surface area contributed by atoms with Crippen LogP contribution in [0.2, 0.25) is 5.02 Å². The van der Waals surface area contributed by atoms with E-state index in [1.807, 2.05) is 18.2 Å². The van der Waals surface area contributed by atoms with Gasteiger partial charge >= 0.3 is 0 Å². The fraction of sp³-hybridized carbons (Fsp3) is 0.308. The van der Waals surface area contributed by atoms with Crippen LogP contribution in [0.25, 0.3) is 10.1 Å². The van der Waals surface area contributed by atoms with Crippen molar-refractivity contribution in [3.8, 4) is 5.75 Å². The Labute approximate surface area is 119 Å². The van der Waals surface area contributed by atoms with E-state index in [0.29, 0.717) is 22.4 Å². The second-order valence-corrected chi connectivity index (χ2v) is 6.16. The zero-order valence-electron chi connectivity index (χ0n) is 10.00. The van der Waals surface area contributed by atoms with Crippen molar-refractivity contribution in [2.45, 2.75) is 13.8 Å². The van der Waals surface area contributed by atoms with Crippen molar-refractivity contribution in [2.24, 2.45) is 5.92 Å². The lowest BCUT2D eigenvalue weighted by atomic mass is 10.2. The van der Waals surface area contributed by atoms with Crippen LogP contribution in [0.15, 0.2) is 18.2 Å². The molecule has 96 valence electrons. The molecule has 2 rings (SSSR count). The van der Waals surface area contributed by atoms with Crippen LogP contribution in [0.1, 0.15) is 23.5 Å². The lowest BCUT2D eigenvalue weighted by Gasteiger charge is -2.08. The van der Waals surface area contributed by atoms with E-state index in [4.69, 9.17) is 27.9 Å². The van der Waals surface area contributed by atoms with Gasteiger partial charge in [-0.2, -0.15) is 0 Å². The molecule has 0 aliphatic heterocycles. The number of fused-ring (bicyclic) bond motifs is 1. The minimum absolute atomic E-state index is 0.384. The third-order valence-corrected chi connectivity index (χ3v) is 4.34. The van der Waals surface area contributed by atoms with E-state index in [9.17, 15) is 4.79 Å². The zero-order valence-corrected chi connectivity index (χ0v) is 12.3. The van der Waals surface area contributed by atoms with E-state index in [0.717, 1.165) is 15.8 Å². The Morgan fingerprint density at radius 1 is 1.44 bits per heavy atom. The van der Waals surface area contributed by atoms with Gasteiger partial charge in [0.25, 0.3) is 5.24 Å². The van der Waals surface area contributed by atoms with Gasteiger partial charge in [-0.25, -0.2) is 0 Å². The highest BCUT2D eigenvalue weighted by Crippen LogP contribution is 2.38. The maximum atomic E-state index is 11.2. The van der Waals surface area contributed by atoms with Crippen LogP contribution in [0.4, 0.5) is 0 Å². The number of benzene rings is 1. The molecule has 2 aromatic rings. The van der Waals surface area contributed by atoms with Gasteiger partial charge in [-0.1, -0.05) is 25.4 Å². The van der Waals surface area contributed by atoms with Crippen LogP contribution in [0.5, 0.6) is 5.75 Å². The van der Waals surface area contributed by atoms with Gasteiger partial charge in [0, 0.05) is 10.1 Å². The van der Waals surface area contributed by atoms with E-state index >= 15 is 0 Å². The smallest absolute Gasteiger partial charge is 0.263 e. The van der Waals surface area contributed by atoms with E-state index < -0.39 is 5.24 Å². The molecule has 1 aromatic carbocycles. The Kier molecular flexibility index (Phi) is 4.15. The normalized spacial score (nSPS) is 11.2. The third kappa shape index (κ3) is 2.79. The number of halogens is 2. The molecule has 5 heteroatoms. The molecule has 2 nitrogen and oxygen atoms in total. The minimum Gasteiger partial charge on any atom is -0.493 e. The molecule has 0 bridgehead atoms. The van der Waals surface area contributed by atoms with Crippen LogP contribution in [0, 0.1) is 5.92 Å². The summed E-state index contributed by atoms with van der Waals surface area (Å²) in [6, 6.07) is 5.62. The highest BCUT2D eigenvalue weighted by atomic mass is 35.5. The monoisotopic (exact) mass is 302 g/mol. The average Bonchev–Trinajstić information content (AvgIpc) is 2.64. The van der Waals surface area contributed by atoms with Gasteiger partial charge in [0.15, 0.2) is 0 Å². The number of carbonyl (C=O) groups is 1. The van der Waals surface area contributed by atoms with Crippen LogP contribution in [-0.4, -0.2) is 11.8 Å². The van der Waals surface area contributed by atoms with Gasteiger partial charge < -0.3 is 4.74 Å². The summed E-state index contributed by atoms with van der Waals surface area (Å²) in [6.45, 7) is 4.81. The molecule has 0 radical (unpaired) electrons. The standard InChI is InChI=1S/C13H12Cl2O2S/c1-7(2)6-17-8-3-4-10-9(5-8)11(14)12(18-10)13(15)16/h3-5,7H,6H2,1-2H3. The molecule has 0 aliphatic carbocycles.